The van der Waals surface area contributed by atoms with Crippen LogP contribution in [0, 0.1) is 0 Å². The van der Waals surface area contributed by atoms with E-state index < -0.39 is 0 Å². The molecule has 5 heteroatoms. The molecule has 2 aromatic rings. The van der Waals surface area contributed by atoms with E-state index in [0.717, 1.165) is 16.2 Å². The van der Waals surface area contributed by atoms with Crippen LogP contribution < -0.4 is 10.6 Å². The van der Waals surface area contributed by atoms with Gasteiger partial charge in [-0.15, -0.1) is 0 Å². The van der Waals surface area contributed by atoms with Gasteiger partial charge in [-0.1, -0.05) is 19.3 Å². The molecule has 0 bridgehead atoms. The molecule has 0 amide bonds. The second-order valence-corrected chi connectivity index (χ2v) is 6.25. The van der Waals surface area contributed by atoms with E-state index in [0.29, 0.717) is 6.04 Å². The van der Waals surface area contributed by atoms with Crippen molar-refractivity contribution in [1.82, 2.24) is 9.69 Å². The Kier molecular flexibility index (Phi) is 3.94. The van der Waals surface area contributed by atoms with Gasteiger partial charge in [0.05, 0.1) is 4.70 Å². The summed E-state index contributed by atoms with van der Waals surface area (Å²) in [5, 5.41) is 8.58. The minimum Gasteiger partial charge on any atom is -0.360 e. The molecule has 0 radical (unpaired) electrons. The molecule has 0 spiro atoms. The normalized spacial score (nSPS) is 16.4. The van der Waals surface area contributed by atoms with Crippen molar-refractivity contribution in [2.45, 2.75) is 38.1 Å². The first-order valence-corrected chi connectivity index (χ1v) is 7.91. The fraction of sp³-hybridized carbons (Fsp3) is 0.429. The van der Waals surface area contributed by atoms with Crippen molar-refractivity contribution in [3.63, 3.8) is 0 Å². The maximum absolute atomic E-state index is 5.38. The molecule has 1 aromatic heterocycles. The van der Waals surface area contributed by atoms with E-state index in [2.05, 4.69) is 33.2 Å². The van der Waals surface area contributed by atoms with Crippen molar-refractivity contribution in [2.24, 2.45) is 0 Å². The average molecular weight is 291 g/mol. The van der Waals surface area contributed by atoms with Crippen LogP contribution in [0.4, 0.5) is 5.69 Å². The first kappa shape index (κ1) is 12.8. The van der Waals surface area contributed by atoms with Crippen LogP contribution in [-0.4, -0.2) is 15.5 Å². The first-order valence-electron chi connectivity index (χ1n) is 6.73. The lowest BCUT2D eigenvalue weighted by atomic mass is 9.96. The Hall–Kier alpha value is -1.20. The van der Waals surface area contributed by atoms with E-state index in [1.54, 1.807) is 0 Å². The number of hydrogen-bond donors (Lipinski definition) is 2. The summed E-state index contributed by atoms with van der Waals surface area (Å²) in [7, 11) is 0. The average Bonchev–Trinajstić information content (AvgIpc) is 2.87. The lowest BCUT2D eigenvalue weighted by Crippen LogP contribution is -2.38. The van der Waals surface area contributed by atoms with Gasteiger partial charge in [0.15, 0.2) is 5.11 Å². The van der Waals surface area contributed by atoms with E-state index in [-0.39, 0.29) is 0 Å². The van der Waals surface area contributed by atoms with Crippen molar-refractivity contribution in [2.75, 3.05) is 5.32 Å². The zero-order valence-electron chi connectivity index (χ0n) is 10.7. The molecule has 3 nitrogen and oxygen atoms in total. The number of thiocarbonyl (C=S) groups is 1. The number of nitrogens with zero attached hydrogens (tertiary/aromatic N) is 1. The van der Waals surface area contributed by atoms with E-state index >= 15 is 0 Å². The number of rotatable bonds is 2. The predicted octanol–water partition coefficient (Wildman–Crippen LogP) is 3.92. The van der Waals surface area contributed by atoms with Crippen molar-refractivity contribution >= 4 is 44.6 Å². The molecule has 100 valence electrons. The van der Waals surface area contributed by atoms with Crippen LogP contribution in [0.1, 0.15) is 32.1 Å². The van der Waals surface area contributed by atoms with Gasteiger partial charge in [0.2, 0.25) is 0 Å². The third kappa shape index (κ3) is 3.22. The Morgan fingerprint density at radius 2 is 2.11 bits per heavy atom. The topological polar surface area (TPSA) is 37.0 Å². The molecular weight excluding hydrogens is 274 g/mol. The summed E-state index contributed by atoms with van der Waals surface area (Å²) >= 11 is 6.90. The molecule has 19 heavy (non-hydrogen) atoms. The minimum absolute atomic E-state index is 0.542. The number of nitrogens with one attached hydrogen (secondary N) is 2. The Bertz CT molecular complexity index is 573. The van der Waals surface area contributed by atoms with Crippen molar-refractivity contribution in [3.05, 3.63) is 24.4 Å². The second-order valence-electron chi connectivity index (χ2n) is 5.01. The van der Waals surface area contributed by atoms with Gasteiger partial charge >= 0.3 is 0 Å². The molecule has 1 fully saturated rings. The van der Waals surface area contributed by atoms with Gasteiger partial charge in [0.1, 0.15) is 0 Å². The van der Waals surface area contributed by atoms with Crippen LogP contribution in [0.15, 0.2) is 24.4 Å². The highest BCUT2D eigenvalue weighted by Gasteiger charge is 2.13. The molecule has 0 saturated heterocycles. The van der Waals surface area contributed by atoms with Crippen LogP contribution in [0.5, 0.6) is 0 Å². The number of aromatic nitrogens is 1. The predicted molar refractivity (Wildman–Crippen MR) is 85.8 cm³/mol. The Morgan fingerprint density at radius 1 is 1.26 bits per heavy atom. The molecule has 1 aliphatic carbocycles. The highest BCUT2D eigenvalue weighted by molar-refractivity contribution is 7.80. The summed E-state index contributed by atoms with van der Waals surface area (Å²) in [6, 6.07) is 6.77. The van der Waals surface area contributed by atoms with Gasteiger partial charge in [-0.05, 0) is 54.8 Å². The van der Waals surface area contributed by atoms with Gasteiger partial charge in [0.25, 0.3) is 0 Å². The minimum atomic E-state index is 0.542. The SMILES string of the molecule is S=C(Nc1ccc2sncc2c1)NC1CCCCC1. The molecular formula is C14H17N3S2. The van der Waals surface area contributed by atoms with Gasteiger partial charge in [0, 0.05) is 23.3 Å². The van der Waals surface area contributed by atoms with Crippen LogP contribution >= 0.6 is 23.8 Å². The van der Waals surface area contributed by atoms with E-state index in [1.165, 1.54) is 48.3 Å². The van der Waals surface area contributed by atoms with Gasteiger partial charge in [-0.2, -0.15) is 4.37 Å². The van der Waals surface area contributed by atoms with Crippen LogP contribution in [-0.2, 0) is 0 Å². The molecule has 1 saturated carbocycles. The van der Waals surface area contributed by atoms with Crippen molar-refractivity contribution < 1.29 is 0 Å². The smallest absolute Gasteiger partial charge is 0.170 e. The number of anilines is 1. The first-order chi connectivity index (χ1) is 9.31. The van der Waals surface area contributed by atoms with Crippen LogP contribution in [0.25, 0.3) is 10.1 Å². The quantitative estimate of drug-likeness (QED) is 0.823. The zero-order valence-corrected chi connectivity index (χ0v) is 12.3. The fourth-order valence-corrected chi connectivity index (χ4v) is 3.46. The number of hydrogen-bond acceptors (Lipinski definition) is 3. The second kappa shape index (κ2) is 5.84. The summed E-state index contributed by atoms with van der Waals surface area (Å²) in [5.41, 5.74) is 1.03. The van der Waals surface area contributed by atoms with E-state index in [4.69, 9.17) is 12.2 Å². The number of benzene rings is 1. The molecule has 3 rings (SSSR count). The molecule has 0 atom stereocenters. The van der Waals surface area contributed by atoms with E-state index in [1.807, 2.05) is 6.20 Å². The van der Waals surface area contributed by atoms with Gasteiger partial charge in [-0.3, -0.25) is 0 Å². The Morgan fingerprint density at radius 3 is 2.95 bits per heavy atom. The summed E-state index contributed by atoms with van der Waals surface area (Å²) in [4.78, 5) is 0. The fourth-order valence-electron chi connectivity index (χ4n) is 2.55. The molecule has 0 unspecified atom stereocenters. The number of fused-ring (bicyclic) bond motifs is 1. The van der Waals surface area contributed by atoms with Crippen molar-refractivity contribution in [1.29, 1.82) is 0 Å². The lowest BCUT2D eigenvalue weighted by molar-refractivity contribution is 0.415. The van der Waals surface area contributed by atoms with Gasteiger partial charge < -0.3 is 10.6 Å². The summed E-state index contributed by atoms with van der Waals surface area (Å²) < 4.78 is 5.39. The largest absolute Gasteiger partial charge is 0.360 e. The third-order valence-corrected chi connectivity index (χ3v) is 4.55. The van der Waals surface area contributed by atoms with Crippen LogP contribution in [0.2, 0.25) is 0 Å². The standard InChI is InChI=1S/C14H17N3S2/c18-14(16-11-4-2-1-3-5-11)17-12-6-7-13-10(8-12)9-15-19-13/h6-9,11H,1-5H2,(H2,16,17,18). The van der Waals surface area contributed by atoms with E-state index in [9.17, 15) is 0 Å². The molecule has 1 aliphatic rings. The summed E-state index contributed by atoms with van der Waals surface area (Å²) in [6.45, 7) is 0. The Balaban J connectivity index is 1.61. The van der Waals surface area contributed by atoms with Crippen LogP contribution in [0.3, 0.4) is 0 Å². The molecule has 1 aromatic carbocycles. The molecule has 2 N–H and O–H groups in total. The van der Waals surface area contributed by atoms with Crippen molar-refractivity contribution in [3.8, 4) is 0 Å². The molecule has 1 heterocycles. The third-order valence-electron chi connectivity index (χ3n) is 3.55. The summed E-state index contributed by atoms with van der Waals surface area (Å²) in [5.74, 6) is 0. The maximum atomic E-state index is 5.38. The summed E-state index contributed by atoms with van der Waals surface area (Å²) in [6.07, 6.45) is 8.34. The molecule has 0 aliphatic heterocycles. The lowest BCUT2D eigenvalue weighted by Gasteiger charge is -2.24. The highest BCUT2D eigenvalue weighted by atomic mass is 32.1. The highest BCUT2D eigenvalue weighted by Crippen LogP contribution is 2.22. The monoisotopic (exact) mass is 291 g/mol. The Labute approximate surface area is 122 Å². The maximum Gasteiger partial charge on any atom is 0.170 e. The van der Waals surface area contributed by atoms with Gasteiger partial charge in [-0.25, -0.2) is 0 Å². The zero-order chi connectivity index (χ0) is 13.1.